The Morgan fingerprint density at radius 2 is 1.77 bits per heavy atom. The molecule has 1 saturated heterocycles. The van der Waals surface area contributed by atoms with E-state index in [2.05, 4.69) is 9.88 Å². The van der Waals surface area contributed by atoms with Gasteiger partial charge in [0.1, 0.15) is 11.4 Å². The molecule has 7 nitrogen and oxygen atoms in total. The number of pyridine rings is 1. The minimum absolute atomic E-state index is 0.293. The number of hydrogen-bond acceptors (Lipinski definition) is 6. The second-order valence-electron chi connectivity index (χ2n) is 7.43. The fourth-order valence-electron chi connectivity index (χ4n) is 2.88. The van der Waals surface area contributed by atoms with Crippen molar-refractivity contribution in [2.75, 3.05) is 37.7 Å². The molecule has 1 amide bonds. The van der Waals surface area contributed by atoms with E-state index in [0.29, 0.717) is 38.3 Å². The predicted molar refractivity (Wildman–Crippen MR) is 99.7 cm³/mol. The van der Waals surface area contributed by atoms with Crippen molar-refractivity contribution in [3.8, 4) is 0 Å². The van der Waals surface area contributed by atoms with Gasteiger partial charge in [0, 0.05) is 37.4 Å². The van der Waals surface area contributed by atoms with Gasteiger partial charge in [-0.3, -0.25) is 0 Å². The smallest absolute Gasteiger partial charge is 0.410 e. The number of carbonyl (C=O) groups excluding carboxylic acids is 2. The molecule has 0 spiro atoms. The first-order chi connectivity index (χ1) is 12.1. The fourth-order valence-corrected chi connectivity index (χ4v) is 2.88. The van der Waals surface area contributed by atoms with Gasteiger partial charge >= 0.3 is 12.1 Å². The Hall–Kier alpha value is -2.31. The van der Waals surface area contributed by atoms with Crippen LogP contribution in [0.2, 0.25) is 0 Å². The number of hydrogen-bond donors (Lipinski definition) is 0. The summed E-state index contributed by atoms with van der Waals surface area (Å²) in [7, 11) is 0. The van der Waals surface area contributed by atoms with Gasteiger partial charge in [0.2, 0.25) is 0 Å². The summed E-state index contributed by atoms with van der Waals surface area (Å²) in [6.45, 7) is 13.8. The third-order valence-corrected chi connectivity index (χ3v) is 4.10. The Morgan fingerprint density at radius 3 is 2.31 bits per heavy atom. The van der Waals surface area contributed by atoms with Crippen LogP contribution in [0.15, 0.2) is 6.07 Å². The first kappa shape index (κ1) is 20.0. The molecule has 0 atom stereocenters. The van der Waals surface area contributed by atoms with Gasteiger partial charge in [0.15, 0.2) is 0 Å². The number of piperazine rings is 1. The van der Waals surface area contributed by atoms with Crippen LogP contribution >= 0.6 is 0 Å². The molecule has 144 valence electrons. The minimum Gasteiger partial charge on any atom is -0.462 e. The molecular formula is C19H29N3O4. The Morgan fingerprint density at radius 1 is 1.15 bits per heavy atom. The highest BCUT2D eigenvalue weighted by Crippen LogP contribution is 2.24. The van der Waals surface area contributed by atoms with E-state index in [1.807, 2.05) is 34.6 Å². The molecule has 2 rings (SSSR count). The number of nitrogens with zero attached hydrogens (tertiary/aromatic N) is 3. The van der Waals surface area contributed by atoms with Crippen molar-refractivity contribution in [2.45, 2.75) is 47.1 Å². The Kier molecular flexibility index (Phi) is 6.10. The Labute approximate surface area is 155 Å². The van der Waals surface area contributed by atoms with Crippen molar-refractivity contribution in [3.05, 3.63) is 22.9 Å². The van der Waals surface area contributed by atoms with Crippen LogP contribution in [0.3, 0.4) is 0 Å². The van der Waals surface area contributed by atoms with Gasteiger partial charge in [-0.2, -0.15) is 0 Å². The second kappa shape index (κ2) is 7.93. The van der Waals surface area contributed by atoms with Crippen LogP contribution in [0.5, 0.6) is 0 Å². The molecule has 7 heteroatoms. The predicted octanol–water partition coefficient (Wildman–Crippen LogP) is 2.93. The van der Waals surface area contributed by atoms with Gasteiger partial charge in [0.05, 0.1) is 12.2 Å². The van der Waals surface area contributed by atoms with E-state index in [0.717, 1.165) is 17.1 Å². The van der Waals surface area contributed by atoms with Crippen LogP contribution in [0.1, 0.15) is 49.3 Å². The molecule has 1 aliphatic heterocycles. The van der Waals surface area contributed by atoms with Gasteiger partial charge in [-0.05, 0) is 47.6 Å². The Balaban J connectivity index is 2.12. The summed E-state index contributed by atoms with van der Waals surface area (Å²) in [5.74, 6) is 0.445. The molecular weight excluding hydrogens is 334 g/mol. The summed E-state index contributed by atoms with van der Waals surface area (Å²) in [4.78, 5) is 32.8. The topological polar surface area (TPSA) is 72.0 Å². The number of aromatic nitrogens is 1. The maximum atomic E-state index is 12.2. The summed E-state index contributed by atoms with van der Waals surface area (Å²) in [5.41, 5.74) is 1.61. The molecule has 0 radical (unpaired) electrons. The van der Waals surface area contributed by atoms with Crippen molar-refractivity contribution in [1.82, 2.24) is 9.88 Å². The number of aryl methyl sites for hydroxylation is 1. The molecule has 0 unspecified atom stereocenters. The van der Waals surface area contributed by atoms with Crippen molar-refractivity contribution < 1.29 is 19.1 Å². The standard InChI is InChI=1S/C19H29N3O4/c1-7-25-17(23)15-12-13(2)20-16(14(15)3)21-8-10-22(11-9-21)18(24)26-19(4,5)6/h12H,7-11H2,1-6H3. The molecule has 26 heavy (non-hydrogen) atoms. The van der Waals surface area contributed by atoms with E-state index in [-0.39, 0.29) is 12.1 Å². The SMILES string of the molecule is CCOC(=O)c1cc(C)nc(N2CCN(C(=O)OC(C)(C)C)CC2)c1C. The summed E-state index contributed by atoms with van der Waals surface area (Å²) < 4.78 is 10.6. The fraction of sp³-hybridized carbons (Fsp3) is 0.632. The molecule has 0 aromatic carbocycles. The average Bonchev–Trinajstić information content (AvgIpc) is 2.55. The monoisotopic (exact) mass is 363 g/mol. The number of carbonyl (C=O) groups is 2. The molecule has 1 aromatic heterocycles. The number of amides is 1. The molecule has 1 fully saturated rings. The van der Waals surface area contributed by atoms with Crippen LogP contribution in [0.4, 0.5) is 10.6 Å². The van der Waals surface area contributed by atoms with Crippen molar-refractivity contribution >= 4 is 17.9 Å². The summed E-state index contributed by atoms with van der Waals surface area (Å²) in [6, 6.07) is 1.76. The van der Waals surface area contributed by atoms with Crippen LogP contribution in [0, 0.1) is 13.8 Å². The zero-order valence-electron chi connectivity index (χ0n) is 16.6. The first-order valence-corrected chi connectivity index (χ1v) is 9.00. The second-order valence-corrected chi connectivity index (χ2v) is 7.43. The van der Waals surface area contributed by atoms with Gasteiger partial charge < -0.3 is 19.3 Å². The van der Waals surface area contributed by atoms with E-state index < -0.39 is 5.60 Å². The lowest BCUT2D eigenvalue weighted by atomic mass is 10.1. The molecule has 0 N–H and O–H groups in total. The normalized spacial score (nSPS) is 15.0. The van der Waals surface area contributed by atoms with Gasteiger partial charge in [0.25, 0.3) is 0 Å². The largest absolute Gasteiger partial charge is 0.462 e. The zero-order chi connectivity index (χ0) is 19.5. The molecule has 1 aromatic rings. The molecule has 0 aliphatic carbocycles. The van der Waals surface area contributed by atoms with Gasteiger partial charge in [-0.1, -0.05) is 0 Å². The summed E-state index contributed by atoms with van der Waals surface area (Å²) in [6.07, 6.45) is -0.293. The molecule has 0 saturated carbocycles. The van der Waals surface area contributed by atoms with Crippen LogP contribution in [-0.2, 0) is 9.47 Å². The summed E-state index contributed by atoms with van der Waals surface area (Å²) in [5, 5.41) is 0. The van der Waals surface area contributed by atoms with E-state index in [4.69, 9.17) is 9.47 Å². The highest BCUT2D eigenvalue weighted by atomic mass is 16.6. The van der Waals surface area contributed by atoms with Crippen LogP contribution < -0.4 is 4.90 Å². The maximum Gasteiger partial charge on any atom is 0.410 e. The summed E-state index contributed by atoms with van der Waals surface area (Å²) >= 11 is 0. The zero-order valence-corrected chi connectivity index (χ0v) is 16.6. The van der Waals surface area contributed by atoms with Crippen LogP contribution in [0.25, 0.3) is 0 Å². The highest BCUT2D eigenvalue weighted by molar-refractivity contribution is 5.92. The minimum atomic E-state index is -0.503. The van der Waals surface area contributed by atoms with Gasteiger partial charge in [-0.15, -0.1) is 0 Å². The molecule has 0 bridgehead atoms. The third kappa shape index (κ3) is 4.86. The number of esters is 1. The van der Waals surface area contributed by atoms with E-state index in [1.165, 1.54) is 0 Å². The maximum absolute atomic E-state index is 12.2. The highest BCUT2D eigenvalue weighted by Gasteiger charge is 2.28. The lowest BCUT2D eigenvalue weighted by molar-refractivity contribution is 0.0240. The van der Waals surface area contributed by atoms with E-state index in [1.54, 1.807) is 17.9 Å². The number of ether oxygens (including phenoxy) is 2. The lowest BCUT2D eigenvalue weighted by Crippen LogP contribution is -2.50. The first-order valence-electron chi connectivity index (χ1n) is 9.00. The van der Waals surface area contributed by atoms with Crippen LogP contribution in [-0.4, -0.2) is 60.3 Å². The van der Waals surface area contributed by atoms with E-state index in [9.17, 15) is 9.59 Å². The Bertz CT molecular complexity index is 674. The average molecular weight is 363 g/mol. The van der Waals surface area contributed by atoms with Crippen molar-refractivity contribution in [1.29, 1.82) is 0 Å². The third-order valence-electron chi connectivity index (χ3n) is 4.10. The number of rotatable bonds is 3. The molecule has 2 heterocycles. The van der Waals surface area contributed by atoms with Crippen molar-refractivity contribution in [2.24, 2.45) is 0 Å². The number of anilines is 1. The van der Waals surface area contributed by atoms with Gasteiger partial charge in [-0.25, -0.2) is 14.6 Å². The van der Waals surface area contributed by atoms with Crippen molar-refractivity contribution in [3.63, 3.8) is 0 Å². The lowest BCUT2D eigenvalue weighted by Gasteiger charge is -2.37. The van der Waals surface area contributed by atoms with E-state index >= 15 is 0 Å². The quantitative estimate of drug-likeness (QED) is 0.769. The molecule has 1 aliphatic rings.